The van der Waals surface area contributed by atoms with Crippen LogP contribution in [0.15, 0.2) is 24.3 Å². The minimum absolute atomic E-state index is 0.247. The number of fused-ring (bicyclic) bond motifs is 1. The van der Waals surface area contributed by atoms with Gasteiger partial charge in [0.25, 0.3) is 5.91 Å². The molecule has 0 spiro atoms. The van der Waals surface area contributed by atoms with Gasteiger partial charge in [0.05, 0.1) is 24.0 Å². The van der Waals surface area contributed by atoms with Gasteiger partial charge in [-0.2, -0.15) is 0 Å². The predicted molar refractivity (Wildman–Crippen MR) is 86.9 cm³/mol. The van der Waals surface area contributed by atoms with Crippen LogP contribution >= 0.6 is 57.5 Å². The van der Waals surface area contributed by atoms with Crippen LogP contribution in [0, 0.1) is 0 Å². The van der Waals surface area contributed by atoms with Crippen molar-refractivity contribution in [2.24, 2.45) is 0 Å². The molecule has 3 nitrogen and oxygen atoms in total. The summed E-state index contributed by atoms with van der Waals surface area (Å²) in [5.74, 6) is -0.247. The Hall–Kier alpha value is -0.850. The van der Waals surface area contributed by atoms with Crippen molar-refractivity contribution < 1.29 is 4.79 Å². The number of nitrogens with one attached hydrogen (secondary N) is 1. The number of thiazole rings is 1. The Morgan fingerprint density at radius 2 is 1.90 bits per heavy atom. The van der Waals surface area contributed by atoms with Gasteiger partial charge in [0, 0.05) is 0 Å². The number of thiophene rings is 1. The molecule has 2 heterocycles. The van der Waals surface area contributed by atoms with Gasteiger partial charge in [-0.05, 0) is 24.3 Å². The van der Waals surface area contributed by atoms with Crippen molar-refractivity contribution in [3.63, 3.8) is 0 Å². The molecule has 0 fully saturated rings. The van der Waals surface area contributed by atoms with Crippen LogP contribution in [0.1, 0.15) is 9.67 Å². The molecule has 0 bridgehead atoms. The topological polar surface area (TPSA) is 42.0 Å². The number of aromatic nitrogens is 1. The Morgan fingerprint density at radius 3 is 2.60 bits per heavy atom. The molecule has 8 heteroatoms. The first kappa shape index (κ1) is 14.1. The Labute approximate surface area is 137 Å². The number of nitrogens with zero attached hydrogens (tertiary/aromatic N) is 1. The van der Waals surface area contributed by atoms with Crippen molar-refractivity contribution in [3.8, 4) is 0 Å². The molecular formula is C12H5Cl3N2OS2. The second-order valence-corrected chi connectivity index (χ2v) is 7.32. The van der Waals surface area contributed by atoms with Crippen LogP contribution in [-0.2, 0) is 0 Å². The molecule has 2 aromatic heterocycles. The van der Waals surface area contributed by atoms with E-state index in [1.165, 1.54) is 22.7 Å². The molecular weight excluding hydrogens is 359 g/mol. The van der Waals surface area contributed by atoms with Crippen LogP contribution in [0.2, 0.25) is 14.4 Å². The lowest BCUT2D eigenvalue weighted by molar-refractivity contribution is 0.103. The smallest absolute Gasteiger partial charge is 0.267 e. The maximum atomic E-state index is 12.0. The highest BCUT2D eigenvalue weighted by molar-refractivity contribution is 7.22. The lowest BCUT2D eigenvalue weighted by Gasteiger charge is -1.97. The zero-order valence-corrected chi connectivity index (χ0v) is 13.5. The number of benzene rings is 1. The third-order valence-electron chi connectivity index (χ3n) is 2.47. The van der Waals surface area contributed by atoms with Crippen molar-refractivity contribution in [2.75, 3.05) is 5.32 Å². The van der Waals surface area contributed by atoms with Gasteiger partial charge >= 0.3 is 0 Å². The third-order valence-corrected chi connectivity index (χ3v) is 5.43. The molecule has 20 heavy (non-hydrogen) atoms. The fraction of sp³-hybridized carbons (Fsp3) is 0. The second kappa shape index (κ2) is 5.50. The molecule has 1 aromatic carbocycles. The lowest BCUT2D eigenvalue weighted by Crippen LogP contribution is -2.09. The predicted octanol–water partition coefficient (Wildman–Crippen LogP) is 5.57. The molecule has 1 N–H and O–H groups in total. The Bertz CT molecular complexity index is 812. The highest BCUT2D eigenvalue weighted by Crippen LogP contribution is 2.35. The van der Waals surface area contributed by atoms with Gasteiger partial charge in [-0.25, -0.2) is 4.98 Å². The van der Waals surface area contributed by atoms with E-state index in [-0.39, 0.29) is 5.91 Å². The van der Waals surface area contributed by atoms with Gasteiger partial charge in [-0.3, -0.25) is 10.1 Å². The number of amides is 1. The third kappa shape index (κ3) is 2.64. The minimum Gasteiger partial charge on any atom is -0.297 e. The Kier molecular flexibility index (Phi) is 3.88. The highest BCUT2D eigenvalue weighted by Gasteiger charge is 2.14. The zero-order valence-electron chi connectivity index (χ0n) is 9.62. The molecule has 0 aliphatic carbocycles. The van der Waals surface area contributed by atoms with E-state index in [2.05, 4.69) is 10.3 Å². The summed E-state index contributed by atoms with van der Waals surface area (Å²) in [6, 6.07) is 6.86. The largest absolute Gasteiger partial charge is 0.297 e. The van der Waals surface area contributed by atoms with Crippen molar-refractivity contribution in [1.29, 1.82) is 0 Å². The molecule has 0 saturated carbocycles. The van der Waals surface area contributed by atoms with E-state index in [0.29, 0.717) is 29.9 Å². The van der Waals surface area contributed by atoms with E-state index in [1.807, 2.05) is 6.07 Å². The molecule has 3 aromatic rings. The van der Waals surface area contributed by atoms with E-state index in [4.69, 9.17) is 34.8 Å². The number of hydrogen-bond acceptors (Lipinski definition) is 4. The first-order valence-corrected chi connectivity index (χ1v) is 8.12. The summed E-state index contributed by atoms with van der Waals surface area (Å²) < 4.78 is 1.42. The van der Waals surface area contributed by atoms with Crippen molar-refractivity contribution >= 4 is 78.7 Å². The van der Waals surface area contributed by atoms with Crippen LogP contribution in [0.3, 0.4) is 0 Å². The van der Waals surface area contributed by atoms with Crippen LogP contribution in [0.4, 0.5) is 5.13 Å². The summed E-state index contributed by atoms with van der Waals surface area (Å²) in [4.78, 5) is 16.8. The monoisotopic (exact) mass is 362 g/mol. The molecule has 3 rings (SSSR count). The van der Waals surface area contributed by atoms with Gasteiger partial charge in [-0.15, -0.1) is 11.3 Å². The normalized spacial score (nSPS) is 10.9. The van der Waals surface area contributed by atoms with E-state index in [1.54, 1.807) is 18.2 Å². The van der Waals surface area contributed by atoms with E-state index in [9.17, 15) is 4.79 Å². The van der Waals surface area contributed by atoms with Crippen LogP contribution in [0.5, 0.6) is 0 Å². The second-order valence-electron chi connectivity index (χ2n) is 3.79. The van der Waals surface area contributed by atoms with E-state index in [0.717, 1.165) is 4.70 Å². The van der Waals surface area contributed by atoms with Crippen molar-refractivity contribution in [2.45, 2.75) is 0 Å². The number of anilines is 1. The molecule has 0 unspecified atom stereocenters. The fourth-order valence-electron chi connectivity index (χ4n) is 1.59. The molecule has 1 amide bonds. The van der Waals surface area contributed by atoms with Gasteiger partial charge in [-0.1, -0.05) is 46.1 Å². The number of rotatable bonds is 2. The molecule has 0 aliphatic heterocycles. The molecule has 0 aliphatic rings. The average Bonchev–Trinajstić information content (AvgIpc) is 3.00. The maximum Gasteiger partial charge on any atom is 0.267 e. The summed E-state index contributed by atoms with van der Waals surface area (Å²) in [5, 5.41) is 4.02. The van der Waals surface area contributed by atoms with Crippen molar-refractivity contribution in [1.82, 2.24) is 4.98 Å². The molecule has 0 atom stereocenters. The quantitative estimate of drug-likeness (QED) is 0.646. The minimum atomic E-state index is -0.247. The number of hydrogen-bond donors (Lipinski definition) is 1. The summed E-state index contributed by atoms with van der Waals surface area (Å²) >= 11 is 20.4. The van der Waals surface area contributed by atoms with Gasteiger partial charge in [0.15, 0.2) is 5.13 Å². The highest BCUT2D eigenvalue weighted by atomic mass is 35.5. The number of halogens is 3. The summed E-state index contributed by atoms with van der Waals surface area (Å²) in [6.07, 6.45) is 0. The van der Waals surface area contributed by atoms with Crippen LogP contribution in [0.25, 0.3) is 10.2 Å². The van der Waals surface area contributed by atoms with E-state index >= 15 is 0 Å². The van der Waals surface area contributed by atoms with Gasteiger partial charge in [0.2, 0.25) is 0 Å². The van der Waals surface area contributed by atoms with Crippen molar-refractivity contribution in [3.05, 3.63) is 43.5 Å². The van der Waals surface area contributed by atoms with E-state index < -0.39 is 0 Å². The standard InChI is InChI=1S/C12H5Cl3N2OS2/c13-5-1-2-6-10(9(5)15)16-12(20-6)17-11(18)7-3-4-8(14)19-7/h1-4H,(H,16,17,18). The Balaban J connectivity index is 1.92. The molecule has 0 saturated heterocycles. The summed E-state index contributed by atoms with van der Waals surface area (Å²) in [6.45, 7) is 0. The van der Waals surface area contributed by atoms with Gasteiger partial charge < -0.3 is 0 Å². The van der Waals surface area contributed by atoms with Gasteiger partial charge in [0.1, 0.15) is 5.52 Å². The average molecular weight is 364 g/mol. The fourth-order valence-corrected chi connectivity index (χ4v) is 3.81. The summed E-state index contributed by atoms with van der Waals surface area (Å²) in [7, 11) is 0. The Morgan fingerprint density at radius 1 is 1.10 bits per heavy atom. The summed E-state index contributed by atoms with van der Waals surface area (Å²) in [5.41, 5.74) is 0.587. The number of carbonyl (C=O) groups is 1. The first-order chi connectivity index (χ1) is 9.54. The maximum absolute atomic E-state index is 12.0. The molecule has 102 valence electrons. The van der Waals surface area contributed by atoms with Crippen LogP contribution < -0.4 is 5.32 Å². The number of carbonyl (C=O) groups excluding carboxylic acids is 1. The zero-order chi connectivity index (χ0) is 14.3. The SMILES string of the molecule is O=C(Nc1nc2c(Cl)c(Cl)ccc2s1)c1ccc(Cl)s1. The molecule has 0 radical (unpaired) electrons. The first-order valence-electron chi connectivity index (χ1n) is 5.36. The lowest BCUT2D eigenvalue weighted by atomic mass is 10.3. The van der Waals surface area contributed by atoms with Crippen LogP contribution in [-0.4, -0.2) is 10.9 Å².